The molecule has 2 nitrogen and oxygen atoms in total. The van der Waals surface area contributed by atoms with E-state index in [1.54, 1.807) is 6.20 Å². The third-order valence-corrected chi connectivity index (χ3v) is 1.28. The van der Waals surface area contributed by atoms with Crippen LogP contribution in [0.2, 0.25) is 0 Å². The largest absolute Gasteiger partial charge is 0.391 e. The molecule has 0 unspecified atom stereocenters. The van der Waals surface area contributed by atoms with Crippen molar-refractivity contribution >= 4 is 5.78 Å². The van der Waals surface area contributed by atoms with E-state index in [1.165, 1.54) is 0 Å². The molecule has 1 N–H and O–H groups in total. The van der Waals surface area contributed by atoms with Crippen molar-refractivity contribution in [3.05, 3.63) is 11.8 Å². The van der Waals surface area contributed by atoms with Gasteiger partial charge in [0.25, 0.3) is 0 Å². The number of Topliss-reactive ketones (excluding diaryl/α,β-unsaturated/α-hetero) is 1. The molecule has 0 saturated carbocycles. The highest BCUT2D eigenvalue weighted by Gasteiger charge is 1.97. The van der Waals surface area contributed by atoms with Crippen molar-refractivity contribution in [1.29, 1.82) is 0 Å². The van der Waals surface area contributed by atoms with Crippen LogP contribution in [0, 0.1) is 0 Å². The monoisotopic (exact) mass is 141 g/mol. The molecule has 2 heteroatoms. The summed E-state index contributed by atoms with van der Waals surface area (Å²) in [6, 6.07) is 0. The number of carbonyl (C=O) groups excluding carboxylic acids is 1. The molecular weight excluding hydrogens is 126 g/mol. The highest BCUT2D eigenvalue weighted by molar-refractivity contribution is 5.94. The first-order valence-electron chi connectivity index (χ1n) is 3.65. The number of hydrogen-bond donors (Lipinski definition) is 1. The fraction of sp³-hybridized carbons (Fsp3) is 0.625. The Morgan fingerprint density at radius 1 is 1.50 bits per heavy atom. The lowest BCUT2D eigenvalue weighted by Crippen LogP contribution is -2.07. The SMILES string of the molecule is CCNC=C(C)C(=O)CC. The minimum atomic E-state index is 0.209. The molecular formula is C8H15NO. The highest BCUT2D eigenvalue weighted by Crippen LogP contribution is 1.95. The Morgan fingerprint density at radius 3 is 2.50 bits per heavy atom. The highest BCUT2D eigenvalue weighted by atomic mass is 16.1. The normalized spacial score (nSPS) is 11.3. The number of carbonyl (C=O) groups is 1. The fourth-order valence-corrected chi connectivity index (χ4v) is 0.614. The minimum Gasteiger partial charge on any atom is -0.391 e. The summed E-state index contributed by atoms with van der Waals surface area (Å²) in [5.41, 5.74) is 0.810. The Bertz CT molecular complexity index is 138. The summed E-state index contributed by atoms with van der Waals surface area (Å²) in [4.78, 5) is 10.9. The Kier molecular flexibility index (Phi) is 4.63. The van der Waals surface area contributed by atoms with E-state index in [9.17, 15) is 4.79 Å². The van der Waals surface area contributed by atoms with E-state index >= 15 is 0 Å². The zero-order chi connectivity index (χ0) is 7.98. The topological polar surface area (TPSA) is 29.1 Å². The van der Waals surface area contributed by atoms with E-state index in [-0.39, 0.29) is 5.78 Å². The Balaban J connectivity index is 3.80. The van der Waals surface area contributed by atoms with Crippen molar-refractivity contribution in [2.75, 3.05) is 6.54 Å². The Hall–Kier alpha value is -0.790. The van der Waals surface area contributed by atoms with Crippen molar-refractivity contribution in [2.45, 2.75) is 27.2 Å². The molecule has 0 aliphatic carbocycles. The number of rotatable bonds is 4. The first-order valence-corrected chi connectivity index (χ1v) is 3.65. The number of allylic oxidation sites excluding steroid dienone is 1. The maximum atomic E-state index is 10.9. The molecule has 0 saturated heterocycles. The molecule has 0 amide bonds. The average Bonchev–Trinajstić information content (AvgIpc) is 1.98. The van der Waals surface area contributed by atoms with Gasteiger partial charge in [-0.15, -0.1) is 0 Å². The molecule has 58 valence electrons. The van der Waals surface area contributed by atoms with Crippen LogP contribution in [0.15, 0.2) is 11.8 Å². The van der Waals surface area contributed by atoms with Crippen LogP contribution < -0.4 is 5.32 Å². The molecule has 0 aromatic rings. The molecule has 0 aliphatic rings. The van der Waals surface area contributed by atoms with Crippen molar-refractivity contribution in [1.82, 2.24) is 5.32 Å². The van der Waals surface area contributed by atoms with Crippen molar-refractivity contribution < 1.29 is 4.79 Å². The fourth-order valence-electron chi connectivity index (χ4n) is 0.614. The zero-order valence-corrected chi connectivity index (χ0v) is 6.90. The minimum absolute atomic E-state index is 0.209. The molecule has 0 radical (unpaired) electrons. The predicted molar refractivity (Wildman–Crippen MR) is 42.7 cm³/mol. The lowest BCUT2D eigenvalue weighted by Gasteiger charge is -1.97. The molecule has 0 heterocycles. The van der Waals surface area contributed by atoms with Crippen molar-refractivity contribution in [3.8, 4) is 0 Å². The summed E-state index contributed by atoms with van der Waals surface area (Å²) >= 11 is 0. The van der Waals surface area contributed by atoms with E-state index in [2.05, 4.69) is 5.32 Å². The molecule has 0 rings (SSSR count). The summed E-state index contributed by atoms with van der Waals surface area (Å²) in [5.74, 6) is 0.209. The van der Waals surface area contributed by atoms with Crippen LogP contribution in [0.1, 0.15) is 27.2 Å². The van der Waals surface area contributed by atoms with Gasteiger partial charge in [-0.1, -0.05) is 6.92 Å². The standard InChI is InChI=1S/C8H15NO/c1-4-8(10)7(3)6-9-5-2/h6,9H,4-5H2,1-3H3. The molecule has 0 aromatic heterocycles. The maximum Gasteiger partial charge on any atom is 0.159 e. The van der Waals surface area contributed by atoms with Crippen LogP contribution in [-0.2, 0) is 4.79 Å². The molecule has 0 bridgehead atoms. The van der Waals surface area contributed by atoms with E-state index in [1.807, 2.05) is 20.8 Å². The van der Waals surface area contributed by atoms with Gasteiger partial charge in [0, 0.05) is 24.7 Å². The van der Waals surface area contributed by atoms with Crippen molar-refractivity contribution in [2.24, 2.45) is 0 Å². The quantitative estimate of drug-likeness (QED) is 0.601. The van der Waals surface area contributed by atoms with Crippen LogP contribution in [-0.4, -0.2) is 12.3 Å². The molecule has 0 fully saturated rings. The number of ketones is 1. The van der Waals surface area contributed by atoms with E-state index in [4.69, 9.17) is 0 Å². The van der Waals surface area contributed by atoms with E-state index in [0.29, 0.717) is 6.42 Å². The van der Waals surface area contributed by atoms with Gasteiger partial charge < -0.3 is 5.32 Å². The summed E-state index contributed by atoms with van der Waals surface area (Å²) < 4.78 is 0. The second kappa shape index (κ2) is 5.03. The van der Waals surface area contributed by atoms with E-state index < -0.39 is 0 Å². The van der Waals surface area contributed by atoms with E-state index in [0.717, 1.165) is 12.1 Å². The predicted octanol–water partition coefficient (Wildman–Crippen LogP) is 1.48. The van der Waals surface area contributed by atoms with Gasteiger partial charge in [0.15, 0.2) is 5.78 Å². The summed E-state index contributed by atoms with van der Waals surface area (Å²) in [7, 11) is 0. The lowest BCUT2D eigenvalue weighted by molar-refractivity contribution is -0.115. The van der Waals surface area contributed by atoms with Crippen LogP contribution in [0.4, 0.5) is 0 Å². The van der Waals surface area contributed by atoms with Gasteiger partial charge >= 0.3 is 0 Å². The summed E-state index contributed by atoms with van der Waals surface area (Å²) in [5, 5.41) is 2.98. The number of hydrogen-bond acceptors (Lipinski definition) is 2. The van der Waals surface area contributed by atoms with Gasteiger partial charge in [0.1, 0.15) is 0 Å². The van der Waals surface area contributed by atoms with Crippen LogP contribution in [0.5, 0.6) is 0 Å². The molecule has 0 aliphatic heterocycles. The van der Waals surface area contributed by atoms with Crippen LogP contribution in [0.3, 0.4) is 0 Å². The zero-order valence-electron chi connectivity index (χ0n) is 6.90. The molecule has 0 aromatic carbocycles. The van der Waals surface area contributed by atoms with Gasteiger partial charge in [0.2, 0.25) is 0 Å². The van der Waals surface area contributed by atoms with Gasteiger partial charge in [-0.05, 0) is 13.8 Å². The average molecular weight is 141 g/mol. The first kappa shape index (κ1) is 9.21. The Labute approximate surface area is 62.3 Å². The second-order valence-electron chi connectivity index (χ2n) is 2.16. The van der Waals surface area contributed by atoms with Gasteiger partial charge in [0.05, 0.1) is 0 Å². The molecule has 0 atom stereocenters. The van der Waals surface area contributed by atoms with Crippen LogP contribution >= 0.6 is 0 Å². The summed E-state index contributed by atoms with van der Waals surface area (Å²) in [6.07, 6.45) is 2.36. The smallest absolute Gasteiger partial charge is 0.159 e. The van der Waals surface area contributed by atoms with Crippen molar-refractivity contribution in [3.63, 3.8) is 0 Å². The summed E-state index contributed by atoms with van der Waals surface area (Å²) in [6.45, 7) is 6.56. The molecule has 10 heavy (non-hydrogen) atoms. The third kappa shape index (κ3) is 3.28. The third-order valence-electron chi connectivity index (χ3n) is 1.28. The molecule has 0 spiro atoms. The maximum absolute atomic E-state index is 10.9. The van der Waals surface area contributed by atoms with Gasteiger partial charge in [-0.2, -0.15) is 0 Å². The second-order valence-corrected chi connectivity index (χ2v) is 2.16. The lowest BCUT2D eigenvalue weighted by atomic mass is 10.2. The van der Waals surface area contributed by atoms with Crippen LogP contribution in [0.25, 0.3) is 0 Å². The van der Waals surface area contributed by atoms with Gasteiger partial charge in [-0.25, -0.2) is 0 Å². The Morgan fingerprint density at radius 2 is 2.10 bits per heavy atom. The number of nitrogens with one attached hydrogen (secondary N) is 1. The first-order chi connectivity index (χ1) is 4.72. The van der Waals surface area contributed by atoms with Gasteiger partial charge in [-0.3, -0.25) is 4.79 Å².